The summed E-state index contributed by atoms with van der Waals surface area (Å²) >= 11 is 6.21. The minimum Gasteiger partial charge on any atom is -0.497 e. The second kappa shape index (κ2) is 10.5. The molecule has 0 unspecified atom stereocenters. The normalized spacial score (nSPS) is 12.1. The Morgan fingerprint density at radius 3 is 2.47 bits per heavy atom. The maximum Gasteiger partial charge on any atom is 0.262 e. The maximum absolute atomic E-state index is 12.7. The van der Waals surface area contributed by atoms with Crippen LogP contribution in [0.25, 0.3) is 0 Å². The molecule has 0 spiro atoms. The molecule has 1 atom stereocenters. The zero-order chi connectivity index (χ0) is 23.1. The van der Waals surface area contributed by atoms with Gasteiger partial charge in [0.1, 0.15) is 11.5 Å². The fourth-order valence-electron chi connectivity index (χ4n) is 2.92. The number of nitrogens with one attached hydrogen (secondary N) is 2. The summed E-state index contributed by atoms with van der Waals surface area (Å²) in [5, 5.41) is 2.76. The molecule has 0 radical (unpaired) electrons. The minimum absolute atomic E-state index is 0.00142. The Morgan fingerprint density at radius 2 is 1.78 bits per heavy atom. The third kappa shape index (κ3) is 6.23. The summed E-state index contributed by atoms with van der Waals surface area (Å²) in [5.74, 6) is 0.408. The van der Waals surface area contributed by atoms with Gasteiger partial charge in [-0.2, -0.15) is 0 Å². The van der Waals surface area contributed by atoms with Crippen molar-refractivity contribution in [2.45, 2.75) is 17.9 Å². The molecule has 168 valence electrons. The number of benzene rings is 3. The first-order valence-corrected chi connectivity index (χ1v) is 11.6. The molecule has 0 aliphatic carbocycles. The van der Waals surface area contributed by atoms with E-state index in [4.69, 9.17) is 21.1 Å². The average Bonchev–Trinajstić information content (AvgIpc) is 2.78. The molecule has 9 heteroatoms. The zero-order valence-electron chi connectivity index (χ0n) is 17.5. The molecular weight excluding hydrogens is 452 g/mol. The predicted octanol–water partition coefficient (Wildman–Crippen LogP) is 4.41. The van der Waals surface area contributed by atoms with Crippen molar-refractivity contribution in [3.05, 3.63) is 83.4 Å². The van der Waals surface area contributed by atoms with Crippen molar-refractivity contribution in [3.63, 3.8) is 0 Å². The molecule has 3 rings (SSSR count). The fraction of sp³-hybridized carbons (Fsp3) is 0.174. The lowest BCUT2D eigenvalue weighted by molar-refractivity contribution is -0.118. The average molecular weight is 475 g/mol. The van der Waals surface area contributed by atoms with Gasteiger partial charge < -0.3 is 14.8 Å². The molecule has 0 saturated heterocycles. The van der Waals surface area contributed by atoms with E-state index in [1.54, 1.807) is 31.2 Å². The van der Waals surface area contributed by atoms with Crippen molar-refractivity contribution in [2.24, 2.45) is 0 Å². The van der Waals surface area contributed by atoms with Crippen LogP contribution in [0.1, 0.15) is 18.5 Å². The molecule has 2 N–H and O–H groups in total. The molecule has 0 saturated carbocycles. The van der Waals surface area contributed by atoms with Crippen molar-refractivity contribution >= 4 is 33.2 Å². The Morgan fingerprint density at radius 1 is 1.03 bits per heavy atom. The standard InChI is InChI=1S/C23H23ClN2O5S/c1-16(17-7-4-3-5-8-17)26-32(28,29)20-11-12-22(21(24)14-20)31-15-23(27)25-18-9-6-10-19(13-18)30-2/h3-14,16,26H,15H2,1-2H3,(H,25,27)/t16-/m1/s1. The van der Waals surface area contributed by atoms with Crippen LogP contribution in [0, 0.1) is 0 Å². The number of carbonyl (C=O) groups is 1. The molecule has 32 heavy (non-hydrogen) atoms. The first-order chi connectivity index (χ1) is 15.3. The Bertz CT molecular complexity index is 1190. The number of anilines is 1. The zero-order valence-corrected chi connectivity index (χ0v) is 19.1. The summed E-state index contributed by atoms with van der Waals surface area (Å²) in [6, 6.07) is 19.8. The van der Waals surface area contributed by atoms with Crippen molar-refractivity contribution < 1.29 is 22.7 Å². The molecule has 0 aliphatic rings. The Labute approximate surface area is 192 Å². The number of ether oxygens (including phenoxy) is 2. The SMILES string of the molecule is COc1cccc(NC(=O)COc2ccc(S(=O)(=O)N[C@H](C)c3ccccc3)cc2Cl)c1. The van der Waals surface area contributed by atoms with Crippen LogP contribution >= 0.6 is 11.6 Å². The van der Waals surface area contributed by atoms with Crippen molar-refractivity contribution in [3.8, 4) is 11.5 Å². The van der Waals surface area contributed by atoms with Crippen LogP contribution in [-0.4, -0.2) is 28.0 Å². The minimum atomic E-state index is -3.81. The fourth-order valence-corrected chi connectivity index (χ4v) is 4.48. The van der Waals surface area contributed by atoms with Crippen LogP contribution in [0.4, 0.5) is 5.69 Å². The number of sulfonamides is 1. The molecular formula is C23H23ClN2O5S. The Balaban J connectivity index is 1.62. The molecule has 3 aromatic carbocycles. The Kier molecular flexibility index (Phi) is 7.74. The van der Waals surface area contributed by atoms with Crippen molar-refractivity contribution in [1.82, 2.24) is 4.72 Å². The summed E-state index contributed by atoms with van der Waals surface area (Å²) < 4.78 is 38.6. The lowest BCUT2D eigenvalue weighted by atomic mass is 10.1. The van der Waals surface area contributed by atoms with Gasteiger partial charge in [-0.05, 0) is 42.8 Å². The van der Waals surface area contributed by atoms with Gasteiger partial charge in [-0.3, -0.25) is 4.79 Å². The molecule has 7 nitrogen and oxygen atoms in total. The number of carbonyl (C=O) groups excluding carboxylic acids is 1. The van der Waals surface area contributed by atoms with Crippen LogP contribution in [0.2, 0.25) is 5.02 Å². The lowest BCUT2D eigenvalue weighted by Crippen LogP contribution is -2.27. The first-order valence-electron chi connectivity index (χ1n) is 9.72. The van der Waals surface area contributed by atoms with Gasteiger partial charge in [-0.1, -0.05) is 48.0 Å². The van der Waals surface area contributed by atoms with E-state index in [0.29, 0.717) is 11.4 Å². The Hall–Kier alpha value is -3.07. The molecule has 0 aromatic heterocycles. The molecule has 3 aromatic rings. The van der Waals surface area contributed by atoms with Gasteiger partial charge in [0.15, 0.2) is 6.61 Å². The molecule has 0 aliphatic heterocycles. The van der Waals surface area contributed by atoms with E-state index in [1.807, 2.05) is 30.3 Å². The predicted molar refractivity (Wildman–Crippen MR) is 124 cm³/mol. The number of hydrogen-bond donors (Lipinski definition) is 2. The third-order valence-corrected chi connectivity index (χ3v) is 6.39. The lowest BCUT2D eigenvalue weighted by Gasteiger charge is -2.15. The van der Waals surface area contributed by atoms with Gasteiger partial charge in [0, 0.05) is 17.8 Å². The summed E-state index contributed by atoms with van der Waals surface area (Å²) in [6.45, 7) is 1.46. The summed E-state index contributed by atoms with van der Waals surface area (Å²) in [4.78, 5) is 12.2. The number of rotatable bonds is 9. The number of hydrogen-bond acceptors (Lipinski definition) is 5. The van der Waals surface area contributed by atoms with Gasteiger partial charge in [-0.25, -0.2) is 13.1 Å². The highest BCUT2D eigenvalue weighted by Gasteiger charge is 2.20. The summed E-state index contributed by atoms with van der Waals surface area (Å²) in [6.07, 6.45) is 0. The van der Waals surface area contributed by atoms with E-state index < -0.39 is 22.0 Å². The highest BCUT2D eigenvalue weighted by molar-refractivity contribution is 7.89. The highest BCUT2D eigenvalue weighted by atomic mass is 35.5. The van der Waals surface area contributed by atoms with Crippen molar-refractivity contribution in [1.29, 1.82) is 0 Å². The topological polar surface area (TPSA) is 93.7 Å². The monoisotopic (exact) mass is 474 g/mol. The molecule has 0 fully saturated rings. The van der Waals surface area contributed by atoms with Crippen LogP contribution in [0.3, 0.4) is 0 Å². The van der Waals surface area contributed by atoms with Gasteiger partial charge in [-0.15, -0.1) is 0 Å². The smallest absolute Gasteiger partial charge is 0.262 e. The van der Waals surface area contributed by atoms with Crippen LogP contribution in [0.15, 0.2) is 77.7 Å². The largest absolute Gasteiger partial charge is 0.497 e. The highest BCUT2D eigenvalue weighted by Crippen LogP contribution is 2.28. The number of halogens is 1. The van der Waals surface area contributed by atoms with E-state index in [-0.39, 0.29) is 22.3 Å². The van der Waals surface area contributed by atoms with Crippen LogP contribution in [-0.2, 0) is 14.8 Å². The van der Waals surface area contributed by atoms with Gasteiger partial charge in [0.25, 0.3) is 5.91 Å². The van der Waals surface area contributed by atoms with E-state index in [2.05, 4.69) is 10.0 Å². The maximum atomic E-state index is 12.7. The van der Waals surface area contributed by atoms with E-state index >= 15 is 0 Å². The van der Waals surface area contributed by atoms with Gasteiger partial charge >= 0.3 is 0 Å². The summed E-state index contributed by atoms with van der Waals surface area (Å²) in [7, 11) is -2.27. The van der Waals surface area contributed by atoms with Gasteiger partial charge in [0.2, 0.25) is 10.0 Å². The second-order valence-electron chi connectivity index (χ2n) is 6.91. The van der Waals surface area contributed by atoms with Gasteiger partial charge in [0.05, 0.1) is 17.0 Å². The van der Waals surface area contributed by atoms with Crippen LogP contribution in [0.5, 0.6) is 11.5 Å². The van der Waals surface area contributed by atoms with E-state index in [9.17, 15) is 13.2 Å². The molecule has 1 amide bonds. The molecule has 0 heterocycles. The quantitative estimate of drug-likeness (QED) is 0.479. The number of amides is 1. The second-order valence-corrected chi connectivity index (χ2v) is 9.04. The van der Waals surface area contributed by atoms with E-state index in [0.717, 1.165) is 5.56 Å². The van der Waals surface area contributed by atoms with E-state index in [1.165, 1.54) is 25.3 Å². The first kappa shape index (κ1) is 23.6. The van der Waals surface area contributed by atoms with Crippen LogP contribution < -0.4 is 19.5 Å². The molecule has 0 bridgehead atoms. The third-order valence-electron chi connectivity index (χ3n) is 4.56. The summed E-state index contributed by atoms with van der Waals surface area (Å²) in [5.41, 5.74) is 1.40. The van der Waals surface area contributed by atoms with Crippen molar-refractivity contribution in [2.75, 3.05) is 19.0 Å². The number of methoxy groups -OCH3 is 1.